The highest BCUT2D eigenvalue weighted by Gasteiger charge is 2.57. The van der Waals surface area contributed by atoms with E-state index in [1.807, 2.05) is 6.33 Å². The van der Waals surface area contributed by atoms with Gasteiger partial charge in [0.15, 0.2) is 0 Å². The van der Waals surface area contributed by atoms with Gasteiger partial charge in [-0.25, -0.2) is 9.78 Å². The molecular weight excluding hydrogens is 502 g/mol. The van der Waals surface area contributed by atoms with Crippen LogP contribution in [0.15, 0.2) is 48.3 Å². The molecule has 2 aromatic rings. The van der Waals surface area contributed by atoms with Gasteiger partial charge in [0.05, 0.1) is 11.0 Å². The van der Waals surface area contributed by atoms with Gasteiger partial charge in [0.2, 0.25) is 0 Å². The molecule has 7 heteroatoms. The van der Waals surface area contributed by atoms with Crippen LogP contribution in [0.1, 0.15) is 79.6 Å². The molecule has 0 saturated heterocycles. The highest BCUT2D eigenvalue weighted by atomic mass is 16.6. The molecule has 1 amide bonds. The van der Waals surface area contributed by atoms with Crippen LogP contribution in [0.25, 0.3) is 16.7 Å². The first-order chi connectivity index (χ1) is 19.0. The molecule has 1 aromatic carbocycles. The van der Waals surface area contributed by atoms with Crippen molar-refractivity contribution in [3.63, 3.8) is 0 Å². The predicted octanol–water partition coefficient (Wildman–Crippen LogP) is 6.89. The topological polar surface area (TPSA) is 82.5 Å². The van der Waals surface area contributed by atoms with Crippen LogP contribution in [0, 0.1) is 28.6 Å². The van der Waals surface area contributed by atoms with Crippen LogP contribution in [0.2, 0.25) is 0 Å². The monoisotopic (exact) mass is 545 g/mol. The number of amides is 1. The zero-order chi connectivity index (χ0) is 28.3. The first kappa shape index (κ1) is 27.1. The van der Waals surface area contributed by atoms with Crippen molar-refractivity contribution in [3.8, 4) is 0 Å². The lowest BCUT2D eigenvalue weighted by atomic mass is 9.47. The van der Waals surface area contributed by atoms with E-state index in [9.17, 15) is 9.59 Å². The van der Waals surface area contributed by atoms with Gasteiger partial charge in [-0.05, 0) is 94.6 Å². The Morgan fingerprint density at radius 3 is 2.62 bits per heavy atom. The van der Waals surface area contributed by atoms with Gasteiger partial charge in [-0.2, -0.15) is 0 Å². The molecule has 4 aliphatic rings. The van der Waals surface area contributed by atoms with Gasteiger partial charge in [-0.1, -0.05) is 43.7 Å². The number of benzene rings is 1. The van der Waals surface area contributed by atoms with Crippen LogP contribution in [0.5, 0.6) is 0 Å². The summed E-state index contributed by atoms with van der Waals surface area (Å²) in [4.78, 5) is 29.1. The summed E-state index contributed by atoms with van der Waals surface area (Å²) in [6.45, 7) is 10.2. The minimum absolute atomic E-state index is 0.132. The van der Waals surface area contributed by atoms with E-state index in [1.54, 1.807) is 20.8 Å². The Hall–Kier alpha value is -3.09. The van der Waals surface area contributed by atoms with Crippen LogP contribution < -0.4 is 5.32 Å². The highest BCUT2D eigenvalue weighted by molar-refractivity contribution is 5.80. The normalized spacial score (nSPS) is 33.2. The molecule has 2 saturated carbocycles. The molecule has 1 heterocycles. The number of nitrogens with zero attached hydrogens (tertiary/aromatic N) is 2. The average molecular weight is 546 g/mol. The summed E-state index contributed by atoms with van der Waals surface area (Å²) in [6, 6.07) is 8.44. The third-order valence-corrected chi connectivity index (χ3v) is 10.4. The van der Waals surface area contributed by atoms with Gasteiger partial charge < -0.3 is 19.4 Å². The number of hydrogen-bond acceptors (Lipinski definition) is 5. The van der Waals surface area contributed by atoms with E-state index in [-0.39, 0.29) is 23.5 Å². The van der Waals surface area contributed by atoms with Crippen molar-refractivity contribution in [2.75, 3.05) is 6.54 Å². The predicted molar refractivity (Wildman–Crippen MR) is 155 cm³/mol. The van der Waals surface area contributed by atoms with Crippen LogP contribution in [-0.4, -0.2) is 39.9 Å². The second-order valence-electron chi connectivity index (χ2n) is 13.9. The lowest BCUT2D eigenvalue weighted by Crippen LogP contribution is -2.50. The SMILES string of the molecule is CC(C)(C)OC(=O)NCC(=O)O[C@H]1CC[C@@]2(C)C(=CCC3C2CC[C@]2(C)C(n4cnc5ccccc54)=CCC32)C1. The molecule has 0 bridgehead atoms. The maximum absolute atomic E-state index is 12.5. The number of allylic oxidation sites excluding steroid dienone is 3. The van der Waals surface area contributed by atoms with Gasteiger partial charge in [0.25, 0.3) is 0 Å². The largest absolute Gasteiger partial charge is 0.461 e. The summed E-state index contributed by atoms with van der Waals surface area (Å²) in [5.41, 5.74) is 4.86. The Balaban J connectivity index is 1.12. The quantitative estimate of drug-likeness (QED) is 0.334. The molecule has 6 rings (SSSR count). The molecule has 1 aromatic heterocycles. The molecular formula is C33H43N3O4. The number of aromatic nitrogens is 2. The third-order valence-electron chi connectivity index (χ3n) is 10.4. The number of para-hydroxylation sites is 2. The Labute approximate surface area is 237 Å². The Kier molecular flexibility index (Phi) is 6.62. The van der Waals surface area contributed by atoms with Crippen molar-refractivity contribution in [2.24, 2.45) is 28.6 Å². The van der Waals surface area contributed by atoms with Crippen molar-refractivity contribution in [2.45, 2.75) is 91.3 Å². The molecule has 6 atom stereocenters. The van der Waals surface area contributed by atoms with Gasteiger partial charge in [-0.3, -0.25) is 4.79 Å². The molecule has 0 spiro atoms. The first-order valence-electron chi connectivity index (χ1n) is 15.0. The fraction of sp³-hybridized carbons (Fsp3) is 0.606. The van der Waals surface area contributed by atoms with Gasteiger partial charge in [0.1, 0.15) is 24.6 Å². The van der Waals surface area contributed by atoms with E-state index in [0.717, 1.165) is 37.6 Å². The van der Waals surface area contributed by atoms with E-state index < -0.39 is 17.7 Å². The highest BCUT2D eigenvalue weighted by Crippen LogP contribution is 2.65. The van der Waals surface area contributed by atoms with E-state index in [4.69, 9.17) is 9.47 Å². The van der Waals surface area contributed by atoms with Crippen molar-refractivity contribution < 1.29 is 19.1 Å². The number of carbonyl (C=O) groups excluding carboxylic acids is 2. The molecule has 214 valence electrons. The molecule has 4 aliphatic carbocycles. The van der Waals surface area contributed by atoms with Crippen molar-refractivity contribution >= 4 is 28.8 Å². The second-order valence-corrected chi connectivity index (χ2v) is 13.9. The molecule has 0 radical (unpaired) electrons. The minimum Gasteiger partial charge on any atom is -0.461 e. The van der Waals surface area contributed by atoms with Gasteiger partial charge >= 0.3 is 12.1 Å². The number of rotatable bonds is 4. The number of imidazole rings is 1. The van der Waals surface area contributed by atoms with E-state index >= 15 is 0 Å². The van der Waals surface area contributed by atoms with Gasteiger partial charge in [0, 0.05) is 17.5 Å². The number of hydrogen-bond donors (Lipinski definition) is 1. The number of ether oxygens (including phenoxy) is 2. The lowest BCUT2D eigenvalue weighted by Gasteiger charge is -2.57. The molecule has 7 nitrogen and oxygen atoms in total. The molecule has 0 aliphatic heterocycles. The number of esters is 1. The minimum atomic E-state index is -0.603. The maximum atomic E-state index is 12.5. The van der Waals surface area contributed by atoms with Crippen LogP contribution in [-0.2, 0) is 14.3 Å². The molecule has 3 unspecified atom stereocenters. The average Bonchev–Trinajstić information content (AvgIpc) is 3.47. The molecule has 1 N–H and O–H groups in total. The van der Waals surface area contributed by atoms with Crippen LogP contribution >= 0.6 is 0 Å². The number of nitrogens with one attached hydrogen (secondary N) is 1. The summed E-state index contributed by atoms with van der Waals surface area (Å²) in [7, 11) is 0. The van der Waals surface area contributed by atoms with Crippen molar-refractivity contribution in [1.82, 2.24) is 14.9 Å². The Bertz CT molecular complexity index is 1380. The van der Waals surface area contributed by atoms with Crippen molar-refractivity contribution in [1.29, 1.82) is 0 Å². The number of fused-ring (bicyclic) bond motifs is 6. The lowest BCUT2D eigenvalue weighted by molar-refractivity contribution is -0.150. The first-order valence-corrected chi connectivity index (χ1v) is 15.0. The van der Waals surface area contributed by atoms with E-state index in [1.165, 1.54) is 29.6 Å². The second kappa shape index (κ2) is 9.78. The summed E-state index contributed by atoms with van der Waals surface area (Å²) >= 11 is 0. The van der Waals surface area contributed by atoms with Crippen LogP contribution in [0.4, 0.5) is 4.79 Å². The summed E-state index contributed by atoms with van der Waals surface area (Å²) in [5, 5.41) is 2.52. The smallest absolute Gasteiger partial charge is 0.408 e. The Morgan fingerprint density at radius 1 is 1.05 bits per heavy atom. The van der Waals surface area contributed by atoms with Crippen LogP contribution in [0.3, 0.4) is 0 Å². The fourth-order valence-corrected chi connectivity index (χ4v) is 8.48. The van der Waals surface area contributed by atoms with Gasteiger partial charge in [-0.15, -0.1) is 0 Å². The summed E-state index contributed by atoms with van der Waals surface area (Å²) in [6.07, 6.45) is 13.6. The summed E-state index contributed by atoms with van der Waals surface area (Å²) in [5.74, 6) is 1.54. The van der Waals surface area contributed by atoms with E-state index in [0.29, 0.717) is 17.8 Å². The molecule has 40 heavy (non-hydrogen) atoms. The third kappa shape index (κ3) is 4.65. The standard InChI is InChI=1S/C33H43N3O4/c1-31(2,3)40-30(38)34-19-29(37)39-22-14-16-32(4)21(18-22)10-11-23-24-12-13-28(33(24,5)17-15-25(23)32)36-20-35-26-8-6-7-9-27(26)36/h6-10,13,20,22-25H,11-12,14-19H2,1-5H3,(H,34,38)/t22-,23?,24?,25?,32-,33-/m0/s1. The maximum Gasteiger partial charge on any atom is 0.408 e. The van der Waals surface area contributed by atoms with E-state index in [2.05, 4.69) is 65.1 Å². The Morgan fingerprint density at radius 2 is 1.82 bits per heavy atom. The zero-order valence-corrected chi connectivity index (χ0v) is 24.5. The number of alkyl carbamates (subject to hydrolysis) is 1. The zero-order valence-electron chi connectivity index (χ0n) is 24.5. The molecule has 2 fully saturated rings. The van der Waals surface area contributed by atoms with Crippen molar-refractivity contribution in [3.05, 3.63) is 48.3 Å². The summed E-state index contributed by atoms with van der Waals surface area (Å²) < 4.78 is 13.4. The number of carbonyl (C=O) groups is 2. The fourth-order valence-electron chi connectivity index (χ4n) is 8.48.